The Balaban J connectivity index is 2.08. The number of hydrogen-bond donors (Lipinski definition) is 1. The summed E-state index contributed by atoms with van der Waals surface area (Å²) < 4.78 is 5.91. The molecule has 1 saturated heterocycles. The van der Waals surface area contributed by atoms with Crippen molar-refractivity contribution in [1.29, 1.82) is 0 Å². The molecule has 0 bridgehead atoms. The van der Waals surface area contributed by atoms with Crippen molar-refractivity contribution in [1.82, 2.24) is 10.2 Å². The summed E-state index contributed by atoms with van der Waals surface area (Å²) in [5.41, 5.74) is 1.14. The summed E-state index contributed by atoms with van der Waals surface area (Å²) in [5, 5.41) is 14.2. The fraction of sp³-hybridized carbons (Fsp3) is 0.500. The molecule has 0 aliphatic carbocycles. The minimum Gasteiger partial charge on any atom is -0.445 e. The van der Waals surface area contributed by atoms with Gasteiger partial charge < -0.3 is 15.0 Å². The molecule has 1 aromatic carbocycles. The van der Waals surface area contributed by atoms with Crippen molar-refractivity contribution >= 4 is 27.7 Å². The van der Waals surface area contributed by atoms with Gasteiger partial charge in [-0.05, 0) is 19.9 Å². The van der Waals surface area contributed by atoms with Gasteiger partial charge in [0.25, 0.3) is 5.69 Å². The van der Waals surface area contributed by atoms with Gasteiger partial charge in [0, 0.05) is 47.3 Å². The Hall–Kier alpha value is -1.67. The van der Waals surface area contributed by atoms with Crippen molar-refractivity contribution in [3.63, 3.8) is 0 Å². The van der Waals surface area contributed by atoms with Gasteiger partial charge in [-0.3, -0.25) is 10.1 Å². The SMILES string of the molecule is Cc1c(COC(=O)N2CCNCC2C)cc(Br)cc1[N+](=O)[O-]. The smallest absolute Gasteiger partial charge is 0.410 e. The number of nitro benzene ring substituents is 1. The van der Waals surface area contributed by atoms with Gasteiger partial charge >= 0.3 is 6.09 Å². The quantitative estimate of drug-likeness (QED) is 0.651. The van der Waals surface area contributed by atoms with Crippen molar-refractivity contribution in [3.05, 3.63) is 37.8 Å². The predicted octanol–water partition coefficient (Wildman–Crippen LogP) is 2.60. The van der Waals surface area contributed by atoms with Gasteiger partial charge in [0.05, 0.1) is 4.92 Å². The van der Waals surface area contributed by atoms with E-state index in [9.17, 15) is 14.9 Å². The lowest BCUT2D eigenvalue weighted by molar-refractivity contribution is -0.385. The first-order valence-corrected chi connectivity index (χ1v) is 7.77. The second kappa shape index (κ2) is 7.06. The highest BCUT2D eigenvalue weighted by molar-refractivity contribution is 9.10. The summed E-state index contributed by atoms with van der Waals surface area (Å²) in [7, 11) is 0. The van der Waals surface area contributed by atoms with E-state index in [1.807, 2.05) is 6.92 Å². The third-order valence-electron chi connectivity index (χ3n) is 3.74. The lowest BCUT2D eigenvalue weighted by Crippen LogP contribution is -2.52. The standard InChI is InChI=1S/C14H18BrN3O4/c1-9-7-16-3-4-17(9)14(19)22-8-11-5-12(15)6-13(10(11)2)18(20)21/h5-6,9,16H,3-4,7-8H2,1-2H3. The minimum atomic E-state index is -0.441. The van der Waals surface area contributed by atoms with Gasteiger partial charge in [-0.25, -0.2) is 4.79 Å². The number of amides is 1. The number of carbonyl (C=O) groups is 1. The van der Waals surface area contributed by atoms with Crippen molar-refractivity contribution < 1.29 is 14.5 Å². The van der Waals surface area contributed by atoms with Crippen LogP contribution >= 0.6 is 15.9 Å². The second-order valence-corrected chi connectivity index (χ2v) is 6.18. The lowest BCUT2D eigenvalue weighted by Gasteiger charge is -2.33. The van der Waals surface area contributed by atoms with Crippen LogP contribution in [0.2, 0.25) is 0 Å². The molecule has 22 heavy (non-hydrogen) atoms. The van der Waals surface area contributed by atoms with Crippen LogP contribution in [-0.4, -0.2) is 41.6 Å². The van der Waals surface area contributed by atoms with Crippen LogP contribution < -0.4 is 5.32 Å². The van der Waals surface area contributed by atoms with E-state index in [1.54, 1.807) is 17.9 Å². The first-order valence-electron chi connectivity index (χ1n) is 6.97. The Labute approximate surface area is 136 Å². The molecule has 7 nitrogen and oxygen atoms in total. The van der Waals surface area contributed by atoms with Crippen LogP contribution in [-0.2, 0) is 11.3 Å². The maximum atomic E-state index is 12.1. The maximum Gasteiger partial charge on any atom is 0.410 e. The Bertz CT molecular complexity index is 594. The molecule has 1 aliphatic rings. The largest absolute Gasteiger partial charge is 0.445 e. The number of nitrogens with zero attached hydrogens (tertiary/aromatic N) is 2. The zero-order valence-electron chi connectivity index (χ0n) is 12.5. The highest BCUT2D eigenvalue weighted by Gasteiger charge is 2.24. The number of nitrogens with one attached hydrogen (secondary N) is 1. The summed E-state index contributed by atoms with van der Waals surface area (Å²) in [6.45, 7) is 5.68. The van der Waals surface area contributed by atoms with E-state index in [1.165, 1.54) is 6.07 Å². The molecule has 1 aromatic rings. The van der Waals surface area contributed by atoms with E-state index in [-0.39, 0.29) is 18.3 Å². The van der Waals surface area contributed by atoms with E-state index in [0.717, 1.165) is 13.1 Å². The molecule has 2 rings (SSSR count). The number of ether oxygens (including phenoxy) is 1. The molecule has 1 heterocycles. The zero-order valence-corrected chi connectivity index (χ0v) is 14.1. The fourth-order valence-corrected chi connectivity index (χ4v) is 2.89. The Morgan fingerprint density at radius 1 is 1.59 bits per heavy atom. The molecular weight excluding hydrogens is 354 g/mol. The summed E-state index contributed by atoms with van der Waals surface area (Å²) in [6, 6.07) is 3.25. The molecule has 0 aromatic heterocycles. The molecule has 1 fully saturated rings. The number of piperazine rings is 1. The maximum absolute atomic E-state index is 12.1. The first kappa shape index (κ1) is 16.7. The summed E-state index contributed by atoms with van der Waals surface area (Å²) in [6.07, 6.45) is -0.393. The number of rotatable bonds is 3. The number of carbonyl (C=O) groups excluding carboxylic acids is 1. The van der Waals surface area contributed by atoms with Gasteiger partial charge in [0.1, 0.15) is 6.61 Å². The van der Waals surface area contributed by atoms with Gasteiger partial charge in [0.15, 0.2) is 0 Å². The molecule has 1 atom stereocenters. The molecule has 120 valence electrons. The zero-order chi connectivity index (χ0) is 16.3. The molecular formula is C14H18BrN3O4. The number of hydrogen-bond acceptors (Lipinski definition) is 5. The Kier molecular flexibility index (Phi) is 5.36. The molecule has 1 amide bonds. The highest BCUT2D eigenvalue weighted by Crippen LogP contribution is 2.27. The first-order chi connectivity index (χ1) is 10.4. The predicted molar refractivity (Wildman–Crippen MR) is 84.8 cm³/mol. The second-order valence-electron chi connectivity index (χ2n) is 5.27. The van der Waals surface area contributed by atoms with E-state index in [4.69, 9.17) is 4.74 Å². The van der Waals surface area contributed by atoms with Gasteiger partial charge in [-0.2, -0.15) is 0 Å². The molecule has 1 unspecified atom stereocenters. The third kappa shape index (κ3) is 3.75. The monoisotopic (exact) mass is 371 g/mol. The molecule has 0 saturated carbocycles. The van der Waals surface area contributed by atoms with E-state index in [0.29, 0.717) is 22.1 Å². The van der Waals surface area contributed by atoms with Crippen LogP contribution in [0, 0.1) is 17.0 Å². The Morgan fingerprint density at radius 2 is 2.32 bits per heavy atom. The van der Waals surface area contributed by atoms with Crippen LogP contribution in [0.4, 0.5) is 10.5 Å². The highest BCUT2D eigenvalue weighted by atomic mass is 79.9. The van der Waals surface area contributed by atoms with Gasteiger partial charge in [-0.15, -0.1) is 0 Å². The van der Waals surface area contributed by atoms with E-state index >= 15 is 0 Å². The topological polar surface area (TPSA) is 84.7 Å². The Morgan fingerprint density at radius 3 is 2.95 bits per heavy atom. The van der Waals surface area contributed by atoms with Gasteiger partial charge in [0.2, 0.25) is 0 Å². The van der Waals surface area contributed by atoms with Crippen LogP contribution in [0.5, 0.6) is 0 Å². The third-order valence-corrected chi connectivity index (χ3v) is 4.19. The minimum absolute atomic E-state index is 0.0102. The van der Waals surface area contributed by atoms with Gasteiger partial charge in [-0.1, -0.05) is 15.9 Å². The number of nitro groups is 1. The van der Waals surface area contributed by atoms with Crippen molar-refractivity contribution in [2.24, 2.45) is 0 Å². The summed E-state index contributed by atoms with van der Waals surface area (Å²) in [5.74, 6) is 0. The average Bonchev–Trinajstić information content (AvgIpc) is 2.47. The fourth-order valence-electron chi connectivity index (χ4n) is 2.39. The molecule has 8 heteroatoms. The average molecular weight is 372 g/mol. The van der Waals surface area contributed by atoms with Crippen LogP contribution in [0.15, 0.2) is 16.6 Å². The van der Waals surface area contributed by atoms with Crippen LogP contribution in [0.25, 0.3) is 0 Å². The van der Waals surface area contributed by atoms with Crippen LogP contribution in [0.3, 0.4) is 0 Å². The normalized spacial score (nSPS) is 18.1. The van der Waals surface area contributed by atoms with E-state index in [2.05, 4.69) is 21.2 Å². The number of halogens is 1. The van der Waals surface area contributed by atoms with Crippen molar-refractivity contribution in [3.8, 4) is 0 Å². The van der Waals surface area contributed by atoms with E-state index < -0.39 is 11.0 Å². The summed E-state index contributed by atoms with van der Waals surface area (Å²) >= 11 is 3.25. The molecule has 1 aliphatic heterocycles. The molecule has 1 N–H and O–H groups in total. The van der Waals surface area contributed by atoms with Crippen LogP contribution in [0.1, 0.15) is 18.1 Å². The molecule has 0 spiro atoms. The van der Waals surface area contributed by atoms with Crippen molar-refractivity contribution in [2.75, 3.05) is 19.6 Å². The lowest BCUT2D eigenvalue weighted by atomic mass is 10.1. The molecule has 0 radical (unpaired) electrons. The van der Waals surface area contributed by atoms with Crippen molar-refractivity contribution in [2.45, 2.75) is 26.5 Å². The number of benzene rings is 1. The summed E-state index contributed by atoms with van der Waals surface area (Å²) in [4.78, 5) is 24.4.